The molecule has 5 nitrogen and oxygen atoms in total. The summed E-state index contributed by atoms with van der Waals surface area (Å²) < 4.78 is 0. The second kappa shape index (κ2) is 9.00. The molecule has 0 aliphatic carbocycles. The first-order valence-corrected chi connectivity index (χ1v) is 11.8. The molecule has 0 spiro atoms. The highest BCUT2D eigenvalue weighted by Gasteiger charge is 2.22. The molecule has 0 unspecified atom stereocenters. The molecule has 0 saturated carbocycles. The fourth-order valence-corrected chi connectivity index (χ4v) is 4.94. The maximum absolute atomic E-state index is 13.1. The van der Waals surface area contributed by atoms with Gasteiger partial charge in [0.1, 0.15) is 9.71 Å². The van der Waals surface area contributed by atoms with Crippen LogP contribution in [0.5, 0.6) is 0 Å². The molecule has 0 aliphatic rings. The summed E-state index contributed by atoms with van der Waals surface area (Å²) in [5, 5.41) is 3.75. The maximum Gasteiger partial charge on any atom is 0.267 e. The van der Waals surface area contributed by atoms with Gasteiger partial charge in [-0.25, -0.2) is 4.98 Å². The van der Waals surface area contributed by atoms with E-state index in [1.54, 1.807) is 0 Å². The molecule has 0 bridgehead atoms. The monoisotopic (exact) mass is 464 g/mol. The predicted molar refractivity (Wildman–Crippen MR) is 144 cm³/mol. The molecule has 3 N–H and O–H groups in total. The Morgan fingerprint density at radius 2 is 1.53 bits per heavy atom. The number of anilines is 3. The first-order chi connectivity index (χ1) is 16.5. The SMILES string of the molecule is CN(C)c1ccc(-c2cc(-c3ccccc3)nc3sc(C(=O)Nc4ccccc4)c(N)c23)cc1. The fraction of sp³-hybridized carbons (Fsp3) is 0.0714. The second-order valence-corrected chi connectivity index (χ2v) is 9.21. The number of amides is 1. The Labute approximate surface area is 202 Å². The van der Waals surface area contributed by atoms with Crippen molar-refractivity contribution in [2.45, 2.75) is 0 Å². The van der Waals surface area contributed by atoms with Crippen molar-refractivity contribution in [3.8, 4) is 22.4 Å². The number of nitrogen functional groups attached to an aromatic ring is 1. The van der Waals surface area contributed by atoms with Crippen molar-refractivity contribution in [2.24, 2.45) is 0 Å². The van der Waals surface area contributed by atoms with Crippen molar-refractivity contribution in [3.63, 3.8) is 0 Å². The normalized spacial score (nSPS) is 10.9. The lowest BCUT2D eigenvalue weighted by molar-refractivity contribution is 0.103. The van der Waals surface area contributed by atoms with Gasteiger partial charge in [-0.2, -0.15) is 0 Å². The molecule has 1 amide bonds. The number of carbonyl (C=O) groups excluding carboxylic acids is 1. The lowest BCUT2D eigenvalue weighted by Gasteiger charge is -2.14. The van der Waals surface area contributed by atoms with Crippen molar-refractivity contribution in [3.05, 3.63) is 95.9 Å². The van der Waals surface area contributed by atoms with Gasteiger partial charge < -0.3 is 16.0 Å². The Morgan fingerprint density at radius 1 is 0.882 bits per heavy atom. The number of thiophene rings is 1. The van der Waals surface area contributed by atoms with Gasteiger partial charge in [-0.05, 0) is 41.5 Å². The molecule has 0 aliphatic heterocycles. The maximum atomic E-state index is 13.1. The van der Waals surface area contributed by atoms with Gasteiger partial charge in [0.15, 0.2) is 0 Å². The molecule has 168 valence electrons. The number of nitrogens with zero attached hydrogens (tertiary/aromatic N) is 2. The van der Waals surface area contributed by atoms with Crippen molar-refractivity contribution in [1.82, 2.24) is 4.98 Å². The number of para-hydroxylation sites is 1. The van der Waals surface area contributed by atoms with Crippen LogP contribution in [0.1, 0.15) is 9.67 Å². The zero-order valence-corrected chi connectivity index (χ0v) is 19.8. The highest BCUT2D eigenvalue weighted by molar-refractivity contribution is 7.21. The van der Waals surface area contributed by atoms with E-state index < -0.39 is 0 Å². The third-order valence-corrected chi connectivity index (χ3v) is 6.80. The number of pyridine rings is 1. The van der Waals surface area contributed by atoms with Gasteiger partial charge in [0.2, 0.25) is 0 Å². The van der Waals surface area contributed by atoms with E-state index in [0.717, 1.165) is 44.0 Å². The summed E-state index contributed by atoms with van der Waals surface area (Å²) in [6.07, 6.45) is 0. The molecule has 2 aromatic heterocycles. The van der Waals surface area contributed by atoms with Crippen LogP contribution in [0.15, 0.2) is 91.0 Å². The van der Waals surface area contributed by atoms with E-state index >= 15 is 0 Å². The summed E-state index contributed by atoms with van der Waals surface area (Å²) in [7, 11) is 4.03. The van der Waals surface area contributed by atoms with Crippen molar-refractivity contribution >= 4 is 44.5 Å². The molecule has 34 heavy (non-hydrogen) atoms. The summed E-state index contributed by atoms with van der Waals surface area (Å²) in [4.78, 5) is 21.3. The van der Waals surface area contributed by atoms with Crippen LogP contribution in [-0.4, -0.2) is 25.0 Å². The van der Waals surface area contributed by atoms with Crippen LogP contribution in [0, 0.1) is 0 Å². The van der Waals surface area contributed by atoms with E-state index in [1.165, 1.54) is 11.3 Å². The molecule has 5 rings (SSSR count). The first kappa shape index (κ1) is 21.7. The van der Waals surface area contributed by atoms with E-state index in [0.29, 0.717) is 10.6 Å². The number of nitrogens with one attached hydrogen (secondary N) is 1. The number of fused-ring (bicyclic) bond motifs is 1. The zero-order chi connectivity index (χ0) is 23.7. The molecule has 0 fully saturated rings. The van der Waals surface area contributed by atoms with Crippen molar-refractivity contribution < 1.29 is 4.79 Å². The highest BCUT2D eigenvalue weighted by Crippen LogP contribution is 2.41. The Morgan fingerprint density at radius 3 is 2.18 bits per heavy atom. The van der Waals surface area contributed by atoms with Crippen LogP contribution in [0.4, 0.5) is 17.1 Å². The van der Waals surface area contributed by atoms with Crippen LogP contribution in [0.3, 0.4) is 0 Å². The lowest BCUT2D eigenvalue weighted by atomic mass is 9.99. The fourth-order valence-electron chi connectivity index (χ4n) is 3.92. The molecular weight excluding hydrogens is 440 g/mol. The molecular formula is C28H24N4OS. The van der Waals surface area contributed by atoms with Gasteiger partial charge in [-0.1, -0.05) is 60.7 Å². The number of nitrogens with two attached hydrogens (primary N) is 1. The quantitative estimate of drug-likeness (QED) is 0.310. The Balaban J connectivity index is 1.67. The Hall–Kier alpha value is -4.16. The smallest absolute Gasteiger partial charge is 0.267 e. The molecule has 0 radical (unpaired) electrons. The van der Waals surface area contributed by atoms with Gasteiger partial charge >= 0.3 is 0 Å². The number of carbonyl (C=O) groups is 1. The van der Waals surface area contributed by atoms with Gasteiger partial charge in [0.05, 0.1) is 11.4 Å². The molecule has 5 aromatic rings. The van der Waals surface area contributed by atoms with Gasteiger partial charge in [0.25, 0.3) is 5.91 Å². The summed E-state index contributed by atoms with van der Waals surface area (Å²) in [6.45, 7) is 0. The molecule has 0 atom stereocenters. The zero-order valence-electron chi connectivity index (χ0n) is 18.9. The van der Waals surface area contributed by atoms with Crippen LogP contribution in [0.2, 0.25) is 0 Å². The van der Waals surface area contributed by atoms with Crippen LogP contribution in [0.25, 0.3) is 32.6 Å². The van der Waals surface area contributed by atoms with E-state index in [-0.39, 0.29) is 5.91 Å². The lowest BCUT2D eigenvalue weighted by Crippen LogP contribution is -2.11. The van der Waals surface area contributed by atoms with E-state index in [9.17, 15) is 4.79 Å². The summed E-state index contributed by atoms with van der Waals surface area (Å²) >= 11 is 1.32. The Kier molecular flexibility index (Phi) is 5.74. The predicted octanol–water partition coefficient (Wildman–Crippen LogP) is 6.53. The van der Waals surface area contributed by atoms with Crippen LogP contribution in [-0.2, 0) is 0 Å². The Bertz CT molecular complexity index is 1460. The summed E-state index contributed by atoms with van der Waals surface area (Å²) in [6, 6.07) is 29.8. The highest BCUT2D eigenvalue weighted by atomic mass is 32.1. The third kappa shape index (κ3) is 4.11. The largest absolute Gasteiger partial charge is 0.397 e. The average Bonchev–Trinajstić information content (AvgIpc) is 3.21. The van der Waals surface area contributed by atoms with Crippen LogP contribution >= 0.6 is 11.3 Å². The van der Waals surface area contributed by atoms with E-state index in [2.05, 4.69) is 40.5 Å². The summed E-state index contributed by atoms with van der Waals surface area (Å²) in [5.41, 5.74) is 12.7. The molecule has 6 heteroatoms. The standard InChI is InChI=1S/C28H24N4OS/c1-32(2)21-15-13-18(14-16-21)22-17-23(19-9-5-3-6-10-19)31-28-24(22)25(29)26(34-28)27(33)30-20-11-7-4-8-12-20/h3-17H,29H2,1-2H3,(H,30,33). The number of benzene rings is 3. The summed E-state index contributed by atoms with van der Waals surface area (Å²) in [5.74, 6) is -0.234. The number of hydrogen-bond acceptors (Lipinski definition) is 5. The minimum absolute atomic E-state index is 0.234. The van der Waals surface area contributed by atoms with E-state index in [4.69, 9.17) is 10.7 Å². The van der Waals surface area contributed by atoms with Gasteiger partial charge in [-0.15, -0.1) is 11.3 Å². The first-order valence-electron chi connectivity index (χ1n) is 10.9. The van der Waals surface area contributed by atoms with Gasteiger partial charge in [-0.3, -0.25) is 4.79 Å². The number of rotatable bonds is 5. The number of hydrogen-bond donors (Lipinski definition) is 2. The average molecular weight is 465 g/mol. The second-order valence-electron chi connectivity index (χ2n) is 8.21. The third-order valence-electron chi connectivity index (χ3n) is 5.70. The van der Waals surface area contributed by atoms with E-state index in [1.807, 2.05) is 74.8 Å². The molecule has 2 heterocycles. The van der Waals surface area contributed by atoms with Crippen molar-refractivity contribution in [2.75, 3.05) is 30.0 Å². The number of aromatic nitrogens is 1. The van der Waals surface area contributed by atoms with Gasteiger partial charge in [0, 0.05) is 36.4 Å². The minimum Gasteiger partial charge on any atom is -0.397 e. The molecule has 3 aromatic carbocycles. The molecule has 0 saturated heterocycles. The van der Waals surface area contributed by atoms with Crippen LogP contribution < -0.4 is 16.0 Å². The van der Waals surface area contributed by atoms with Crippen molar-refractivity contribution in [1.29, 1.82) is 0 Å². The topological polar surface area (TPSA) is 71.2 Å². The minimum atomic E-state index is -0.234.